The fourth-order valence-corrected chi connectivity index (χ4v) is 4.19. The summed E-state index contributed by atoms with van der Waals surface area (Å²) in [7, 11) is 0. The number of carbonyl (C=O) groups is 1. The molecule has 4 aromatic rings. The van der Waals surface area contributed by atoms with Gasteiger partial charge in [-0.2, -0.15) is 5.10 Å². The molecule has 31 heavy (non-hydrogen) atoms. The molecule has 3 heterocycles. The number of fused-ring (bicyclic) bond motifs is 1. The predicted octanol–water partition coefficient (Wildman–Crippen LogP) is 4.54. The van der Waals surface area contributed by atoms with Crippen LogP contribution in [-0.4, -0.2) is 31.1 Å². The maximum Gasteiger partial charge on any atom is 0.273 e. The number of nitrogens with one attached hydrogen (secondary N) is 1. The van der Waals surface area contributed by atoms with E-state index in [1.807, 2.05) is 67.3 Å². The van der Waals surface area contributed by atoms with Crippen LogP contribution in [0.15, 0.2) is 67.0 Å². The molecule has 6 heteroatoms. The van der Waals surface area contributed by atoms with Gasteiger partial charge in [0.25, 0.3) is 5.91 Å². The number of benzene rings is 2. The van der Waals surface area contributed by atoms with Crippen LogP contribution < -0.4 is 0 Å². The smallest absolute Gasteiger partial charge is 0.273 e. The number of aromatic nitrogens is 3. The second-order valence-corrected chi connectivity index (χ2v) is 7.99. The number of rotatable bonds is 4. The van der Waals surface area contributed by atoms with Crippen molar-refractivity contribution in [1.82, 2.24) is 20.1 Å². The van der Waals surface area contributed by atoms with Gasteiger partial charge in [0.1, 0.15) is 17.1 Å². The van der Waals surface area contributed by atoms with Crippen molar-refractivity contribution in [1.29, 1.82) is 0 Å². The van der Waals surface area contributed by atoms with E-state index in [1.54, 1.807) is 18.5 Å². The van der Waals surface area contributed by atoms with Gasteiger partial charge in [0.2, 0.25) is 0 Å². The minimum absolute atomic E-state index is 0.115. The molecule has 1 aliphatic heterocycles. The maximum atomic E-state index is 13.4. The summed E-state index contributed by atoms with van der Waals surface area (Å²) in [6.45, 7) is 4.43. The predicted molar refractivity (Wildman–Crippen MR) is 118 cm³/mol. The number of nitrogens with zero attached hydrogens (tertiary/aromatic N) is 3. The van der Waals surface area contributed by atoms with Crippen molar-refractivity contribution in [3.05, 3.63) is 101 Å². The molecule has 0 bridgehead atoms. The third-order valence-corrected chi connectivity index (χ3v) is 5.74. The summed E-state index contributed by atoms with van der Waals surface area (Å²) in [6, 6.07) is 17.1. The number of aromatic hydroxyl groups is 1. The highest BCUT2D eigenvalue weighted by molar-refractivity contribution is 6.00. The lowest BCUT2D eigenvalue weighted by atomic mass is 9.94. The molecule has 0 saturated heterocycles. The number of phenols is 1. The molecular weight excluding hydrogens is 388 g/mol. The minimum atomic E-state index is -0.322. The maximum absolute atomic E-state index is 13.4. The third-order valence-electron chi connectivity index (χ3n) is 5.74. The molecule has 0 spiro atoms. The molecule has 0 radical (unpaired) electrons. The SMILES string of the molecule is Cc1ccc([C@@H]2c3c(-c4cc(C)ccc4O)n[nH]c3C(=O)N2Cc2cccnc2)cc1. The van der Waals surface area contributed by atoms with E-state index in [2.05, 4.69) is 15.2 Å². The van der Waals surface area contributed by atoms with Gasteiger partial charge in [-0.05, 0) is 43.2 Å². The lowest BCUT2D eigenvalue weighted by molar-refractivity contribution is 0.0730. The van der Waals surface area contributed by atoms with Crippen LogP contribution in [0.3, 0.4) is 0 Å². The zero-order chi connectivity index (χ0) is 21.5. The standard InChI is InChI=1S/C25H22N4O2/c1-15-5-8-18(9-6-15)24-21-22(19-12-16(2)7-10-20(19)30)27-28-23(21)25(31)29(24)14-17-4-3-11-26-13-17/h3-13,24,30H,14H2,1-2H3,(H,27,28)/t24-/m1/s1. The van der Waals surface area contributed by atoms with E-state index in [1.165, 1.54) is 0 Å². The van der Waals surface area contributed by atoms with Gasteiger partial charge in [-0.1, -0.05) is 47.5 Å². The molecule has 0 fully saturated rings. The summed E-state index contributed by atoms with van der Waals surface area (Å²) in [4.78, 5) is 19.4. The lowest BCUT2D eigenvalue weighted by Crippen LogP contribution is -2.29. The van der Waals surface area contributed by atoms with Crippen LogP contribution in [0, 0.1) is 13.8 Å². The number of H-pyrrole nitrogens is 1. The van der Waals surface area contributed by atoms with Crippen molar-refractivity contribution in [2.75, 3.05) is 0 Å². The number of carbonyl (C=O) groups excluding carboxylic acids is 1. The zero-order valence-electron chi connectivity index (χ0n) is 17.3. The van der Waals surface area contributed by atoms with Gasteiger partial charge in [-0.25, -0.2) is 0 Å². The van der Waals surface area contributed by atoms with Gasteiger partial charge in [0, 0.05) is 30.1 Å². The molecule has 5 rings (SSSR count). The van der Waals surface area contributed by atoms with Crippen LogP contribution in [0.1, 0.15) is 44.3 Å². The van der Waals surface area contributed by atoms with E-state index in [0.29, 0.717) is 23.5 Å². The van der Waals surface area contributed by atoms with Gasteiger partial charge in [-0.3, -0.25) is 14.9 Å². The first-order valence-electron chi connectivity index (χ1n) is 10.2. The molecule has 2 aromatic heterocycles. The van der Waals surface area contributed by atoms with E-state index in [-0.39, 0.29) is 17.7 Å². The largest absolute Gasteiger partial charge is 0.507 e. The quantitative estimate of drug-likeness (QED) is 0.517. The first-order chi connectivity index (χ1) is 15.0. The molecule has 6 nitrogen and oxygen atoms in total. The number of aryl methyl sites for hydroxylation is 2. The summed E-state index contributed by atoms with van der Waals surface area (Å²) in [6.07, 6.45) is 3.50. The molecule has 1 atom stereocenters. The number of hydrogen-bond acceptors (Lipinski definition) is 4. The van der Waals surface area contributed by atoms with Crippen molar-refractivity contribution in [3.63, 3.8) is 0 Å². The molecule has 0 saturated carbocycles. The first-order valence-corrected chi connectivity index (χ1v) is 10.2. The van der Waals surface area contributed by atoms with Crippen molar-refractivity contribution >= 4 is 5.91 Å². The van der Waals surface area contributed by atoms with Crippen LogP contribution in [0.25, 0.3) is 11.3 Å². The molecule has 1 amide bonds. The average Bonchev–Trinajstić information content (AvgIpc) is 3.31. The van der Waals surface area contributed by atoms with Crippen molar-refractivity contribution in [3.8, 4) is 17.0 Å². The average molecular weight is 410 g/mol. The summed E-state index contributed by atoms with van der Waals surface area (Å²) in [5.74, 6) is 0.0241. The summed E-state index contributed by atoms with van der Waals surface area (Å²) in [5.41, 5.74) is 6.57. The fourth-order valence-electron chi connectivity index (χ4n) is 4.19. The molecular formula is C25H22N4O2. The molecule has 0 aliphatic carbocycles. The zero-order valence-corrected chi connectivity index (χ0v) is 17.3. The molecule has 2 aromatic carbocycles. The highest BCUT2D eigenvalue weighted by atomic mass is 16.3. The minimum Gasteiger partial charge on any atom is -0.507 e. The Hall–Kier alpha value is -3.93. The van der Waals surface area contributed by atoms with Gasteiger partial charge in [-0.15, -0.1) is 0 Å². The van der Waals surface area contributed by atoms with Crippen LogP contribution >= 0.6 is 0 Å². The van der Waals surface area contributed by atoms with E-state index >= 15 is 0 Å². The lowest BCUT2D eigenvalue weighted by Gasteiger charge is -2.26. The monoisotopic (exact) mass is 410 g/mol. The first kappa shape index (κ1) is 19.1. The third kappa shape index (κ3) is 3.26. The Morgan fingerprint density at radius 2 is 1.84 bits per heavy atom. The Balaban J connectivity index is 1.68. The number of phenolic OH excluding ortho intramolecular Hbond substituents is 1. The van der Waals surface area contributed by atoms with Crippen molar-refractivity contribution in [2.24, 2.45) is 0 Å². The Bertz CT molecular complexity index is 1260. The van der Waals surface area contributed by atoms with Crippen LogP contribution in [0.4, 0.5) is 0 Å². The number of pyridine rings is 1. The Kier molecular flexibility index (Phi) is 4.55. The normalized spacial score (nSPS) is 15.4. The van der Waals surface area contributed by atoms with Gasteiger partial charge >= 0.3 is 0 Å². The number of hydrogen-bond donors (Lipinski definition) is 2. The number of aromatic amines is 1. The summed E-state index contributed by atoms with van der Waals surface area (Å²) < 4.78 is 0. The van der Waals surface area contributed by atoms with Crippen LogP contribution in [0.5, 0.6) is 5.75 Å². The highest BCUT2D eigenvalue weighted by Crippen LogP contribution is 2.45. The number of amides is 1. The van der Waals surface area contributed by atoms with Crippen LogP contribution in [-0.2, 0) is 6.54 Å². The second-order valence-electron chi connectivity index (χ2n) is 7.99. The van der Waals surface area contributed by atoms with Gasteiger partial charge < -0.3 is 10.0 Å². The van der Waals surface area contributed by atoms with Crippen molar-refractivity contribution in [2.45, 2.75) is 26.4 Å². The van der Waals surface area contributed by atoms with E-state index in [9.17, 15) is 9.90 Å². The second kappa shape index (κ2) is 7.40. The van der Waals surface area contributed by atoms with Gasteiger partial charge in [0.05, 0.1) is 6.04 Å². The summed E-state index contributed by atoms with van der Waals surface area (Å²) in [5, 5.41) is 17.9. The van der Waals surface area contributed by atoms with Crippen molar-refractivity contribution < 1.29 is 9.90 Å². The topological polar surface area (TPSA) is 82.1 Å². The molecule has 1 aliphatic rings. The van der Waals surface area contributed by atoms with Crippen LogP contribution in [0.2, 0.25) is 0 Å². The molecule has 2 N–H and O–H groups in total. The van der Waals surface area contributed by atoms with E-state index in [4.69, 9.17) is 0 Å². The Morgan fingerprint density at radius 1 is 1.06 bits per heavy atom. The highest BCUT2D eigenvalue weighted by Gasteiger charge is 2.42. The van der Waals surface area contributed by atoms with Gasteiger partial charge in [0.15, 0.2) is 0 Å². The summed E-state index contributed by atoms with van der Waals surface area (Å²) >= 11 is 0. The Labute approximate surface area is 180 Å². The fraction of sp³-hybridized carbons (Fsp3) is 0.160. The van der Waals surface area contributed by atoms with E-state index < -0.39 is 0 Å². The molecule has 154 valence electrons. The van der Waals surface area contributed by atoms with E-state index in [0.717, 1.165) is 27.8 Å². The Morgan fingerprint density at radius 3 is 2.58 bits per heavy atom. The molecule has 0 unspecified atom stereocenters.